The van der Waals surface area contributed by atoms with E-state index in [-0.39, 0.29) is 5.91 Å². The molecule has 5 heteroatoms. The summed E-state index contributed by atoms with van der Waals surface area (Å²) >= 11 is 1.46. The number of carbonyl (C=O) groups is 1. The summed E-state index contributed by atoms with van der Waals surface area (Å²) in [6.45, 7) is 7.19. The lowest BCUT2D eigenvalue weighted by molar-refractivity contribution is 0.0747. The fourth-order valence-electron chi connectivity index (χ4n) is 2.31. The van der Waals surface area contributed by atoms with Crippen molar-refractivity contribution in [2.45, 2.75) is 33.7 Å². The zero-order valence-electron chi connectivity index (χ0n) is 12.7. The molecule has 1 amide bonds. The lowest BCUT2D eigenvalue weighted by Gasteiger charge is -2.22. The topological polar surface area (TPSA) is 59.2 Å². The number of thiazole rings is 1. The minimum atomic E-state index is 0.0578. The molecule has 1 aromatic heterocycles. The molecule has 0 aliphatic carbocycles. The van der Waals surface area contributed by atoms with Crippen LogP contribution in [0.25, 0.3) is 0 Å². The Morgan fingerprint density at radius 1 is 1.38 bits per heavy atom. The second-order valence-corrected chi connectivity index (χ2v) is 6.32. The van der Waals surface area contributed by atoms with E-state index in [1.807, 2.05) is 43.0 Å². The van der Waals surface area contributed by atoms with Gasteiger partial charge >= 0.3 is 0 Å². The van der Waals surface area contributed by atoms with Gasteiger partial charge in [-0.15, -0.1) is 11.3 Å². The van der Waals surface area contributed by atoms with Crippen molar-refractivity contribution in [2.75, 3.05) is 12.3 Å². The molecular formula is C16H21N3OS. The molecule has 2 aromatic rings. The van der Waals surface area contributed by atoms with E-state index < -0.39 is 0 Å². The Kier molecular flexibility index (Phi) is 4.96. The summed E-state index contributed by atoms with van der Waals surface area (Å²) in [6.07, 6.45) is 0.922. The molecular weight excluding hydrogens is 282 g/mol. The quantitative estimate of drug-likeness (QED) is 0.861. The predicted octanol–water partition coefficient (Wildman–Crippen LogP) is 3.39. The van der Waals surface area contributed by atoms with E-state index >= 15 is 0 Å². The fraction of sp³-hybridized carbons (Fsp3) is 0.375. The predicted molar refractivity (Wildman–Crippen MR) is 87.5 cm³/mol. The van der Waals surface area contributed by atoms with Crippen LogP contribution in [0.3, 0.4) is 0 Å². The third kappa shape index (κ3) is 3.82. The van der Waals surface area contributed by atoms with E-state index in [1.165, 1.54) is 11.3 Å². The molecule has 2 N–H and O–H groups in total. The molecule has 0 saturated heterocycles. The highest BCUT2D eigenvalue weighted by Crippen LogP contribution is 2.21. The van der Waals surface area contributed by atoms with Crippen LogP contribution in [0.4, 0.5) is 5.69 Å². The molecule has 21 heavy (non-hydrogen) atoms. The van der Waals surface area contributed by atoms with E-state index in [9.17, 15) is 4.79 Å². The van der Waals surface area contributed by atoms with E-state index in [0.29, 0.717) is 6.54 Å². The highest BCUT2D eigenvalue weighted by atomic mass is 32.1. The number of amides is 1. The molecule has 0 radical (unpaired) electrons. The van der Waals surface area contributed by atoms with Crippen LogP contribution in [-0.2, 0) is 6.54 Å². The third-order valence-electron chi connectivity index (χ3n) is 3.20. The van der Waals surface area contributed by atoms with Crippen molar-refractivity contribution in [3.05, 3.63) is 45.4 Å². The number of rotatable bonds is 5. The minimum absolute atomic E-state index is 0.0578. The van der Waals surface area contributed by atoms with Gasteiger partial charge in [0.25, 0.3) is 5.91 Å². The van der Waals surface area contributed by atoms with Crippen LogP contribution in [0.1, 0.15) is 39.3 Å². The second-order valence-electron chi connectivity index (χ2n) is 5.12. The molecule has 112 valence electrons. The van der Waals surface area contributed by atoms with E-state index in [0.717, 1.165) is 39.8 Å². The van der Waals surface area contributed by atoms with Crippen molar-refractivity contribution >= 4 is 22.9 Å². The molecule has 0 spiro atoms. The molecule has 0 unspecified atom stereocenters. The van der Waals surface area contributed by atoms with Gasteiger partial charge in [0.2, 0.25) is 0 Å². The van der Waals surface area contributed by atoms with E-state index in [1.54, 1.807) is 0 Å². The Morgan fingerprint density at radius 2 is 2.14 bits per heavy atom. The molecule has 4 nitrogen and oxygen atoms in total. The molecule has 0 aliphatic rings. The Hall–Kier alpha value is -1.88. The lowest BCUT2D eigenvalue weighted by atomic mass is 10.2. The summed E-state index contributed by atoms with van der Waals surface area (Å²) in [6, 6.07) is 7.69. The van der Waals surface area contributed by atoms with Gasteiger partial charge in [-0.2, -0.15) is 0 Å². The number of aromatic nitrogens is 1. The van der Waals surface area contributed by atoms with Crippen molar-refractivity contribution in [1.82, 2.24) is 9.88 Å². The van der Waals surface area contributed by atoms with Crippen molar-refractivity contribution in [3.8, 4) is 0 Å². The largest absolute Gasteiger partial charge is 0.399 e. The van der Waals surface area contributed by atoms with Gasteiger partial charge < -0.3 is 10.6 Å². The van der Waals surface area contributed by atoms with Crippen LogP contribution in [0, 0.1) is 13.8 Å². The van der Waals surface area contributed by atoms with Gasteiger partial charge in [-0.25, -0.2) is 4.98 Å². The Balaban J connectivity index is 2.22. The average molecular weight is 303 g/mol. The van der Waals surface area contributed by atoms with Crippen molar-refractivity contribution in [1.29, 1.82) is 0 Å². The molecule has 0 fully saturated rings. The number of nitrogen functional groups attached to an aromatic ring is 1. The number of carbonyl (C=O) groups excluding carboxylic acids is 1. The number of anilines is 1. The van der Waals surface area contributed by atoms with Crippen LogP contribution in [-0.4, -0.2) is 22.3 Å². The van der Waals surface area contributed by atoms with Gasteiger partial charge in [-0.05, 0) is 38.0 Å². The molecule has 1 heterocycles. The number of nitrogens with zero attached hydrogens (tertiary/aromatic N) is 2. The zero-order chi connectivity index (χ0) is 15.4. The van der Waals surface area contributed by atoms with Crippen molar-refractivity contribution in [3.63, 3.8) is 0 Å². The van der Waals surface area contributed by atoms with Crippen molar-refractivity contribution in [2.24, 2.45) is 0 Å². The van der Waals surface area contributed by atoms with Crippen LogP contribution < -0.4 is 5.73 Å². The van der Waals surface area contributed by atoms with Gasteiger partial charge in [-0.3, -0.25) is 4.79 Å². The van der Waals surface area contributed by atoms with Crippen LogP contribution in [0.2, 0.25) is 0 Å². The first kappa shape index (κ1) is 15.5. The summed E-state index contributed by atoms with van der Waals surface area (Å²) in [5, 5.41) is 0.927. The Morgan fingerprint density at radius 3 is 2.71 bits per heavy atom. The number of hydrogen-bond donors (Lipinski definition) is 1. The van der Waals surface area contributed by atoms with E-state index in [4.69, 9.17) is 5.73 Å². The summed E-state index contributed by atoms with van der Waals surface area (Å²) in [7, 11) is 0. The maximum atomic E-state index is 12.7. The monoisotopic (exact) mass is 303 g/mol. The Labute approximate surface area is 129 Å². The normalized spacial score (nSPS) is 10.6. The number of nitrogens with two attached hydrogens (primary N) is 1. The molecule has 0 atom stereocenters. The molecule has 0 aliphatic heterocycles. The van der Waals surface area contributed by atoms with Gasteiger partial charge in [0.15, 0.2) is 0 Å². The second kappa shape index (κ2) is 6.72. The minimum Gasteiger partial charge on any atom is -0.399 e. The van der Waals surface area contributed by atoms with Crippen molar-refractivity contribution < 1.29 is 4.79 Å². The summed E-state index contributed by atoms with van der Waals surface area (Å²) in [4.78, 5) is 19.7. The van der Waals surface area contributed by atoms with Crippen LogP contribution in [0.5, 0.6) is 0 Å². The number of aryl methyl sites for hydroxylation is 2. The first-order valence-corrected chi connectivity index (χ1v) is 7.90. The third-order valence-corrected chi connectivity index (χ3v) is 4.26. The highest BCUT2D eigenvalue weighted by Gasteiger charge is 2.20. The smallest absolute Gasteiger partial charge is 0.266 e. The first-order valence-electron chi connectivity index (χ1n) is 7.09. The SMILES string of the molecule is CCCN(Cc1cccc(N)c1)C(=O)c1sc(C)nc1C. The standard InChI is InChI=1S/C16H21N3OS/c1-4-8-19(10-13-6-5-7-14(17)9-13)16(20)15-11(2)18-12(3)21-15/h5-7,9H,4,8,10,17H2,1-3H3. The first-order chi connectivity index (χ1) is 10.0. The molecule has 0 saturated carbocycles. The maximum Gasteiger partial charge on any atom is 0.266 e. The zero-order valence-corrected chi connectivity index (χ0v) is 13.5. The lowest BCUT2D eigenvalue weighted by Crippen LogP contribution is -2.31. The Bertz CT molecular complexity index is 636. The molecule has 2 rings (SSSR count). The van der Waals surface area contributed by atoms with Gasteiger partial charge in [-0.1, -0.05) is 19.1 Å². The van der Waals surface area contributed by atoms with Gasteiger partial charge in [0.1, 0.15) is 4.88 Å². The molecule has 1 aromatic carbocycles. The van der Waals surface area contributed by atoms with E-state index in [2.05, 4.69) is 11.9 Å². The molecule has 0 bridgehead atoms. The van der Waals surface area contributed by atoms with Gasteiger partial charge in [0.05, 0.1) is 10.7 Å². The fourth-order valence-corrected chi connectivity index (χ4v) is 3.20. The highest BCUT2D eigenvalue weighted by molar-refractivity contribution is 7.13. The number of hydrogen-bond acceptors (Lipinski definition) is 4. The summed E-state index contributed by atoms with van der Waals surface area (Å²) < 4.78 is 0. The average Bonchev–Trinajstić information content (AvgIpc) is 2.76. The summed E-state index contributed by atoms with van der Waals surface area (Å²) in [5.41, 5.74) is 8.40. The van der Waals surface area contributed by atoms with Gasteiger partial charge in [0, 0.05) is 18.8 Å². The number of benzene rings is 1. The maximum absolute atomic E-state index is 12.7. The van der Waals surface area contributed by atoms with Crippen LogP contribution >= 0.6 is 11.3 Å². The summed E-state index contributed by atoms with van der Waals surface area (Å²) in [5.74, 6) is 0.0578. The van der Waals surface area contributed by atoms with Crippen LogP contribution in [0.15, 0.2) is 24.3 Å².